The number of rotatable bonds is 13. The molecule has 5 nitrogen and oxygen atoms in total. The van der Waals surface area contributed by atoms with E-state index in [2.05, 4.69) is 22.9 Å². The Morgan fingerprint density at radius 1 is 1.15 bits per heavy atom. The van der Waals surface area contributed by atoms with Gasteiger partial charge in [-0.2, -0.15) is 0 Å². The molecule has 1 aliphatic rings. The maximum absolute atomic E-state index is 12.0. The Morgan fingerprint density at radius 3 is 2.31 bits per heavy atom. The van der Waals surface area contributed by atoms with Crippen molar-refractivity contribution in [2.45, 2.75) is 84.3 Å². The number of unbranched alkanes of at least 4 members (excludes halogenated alkanes) is 8. The normalized spacial score (nSPS) is 15.3. The number of carbonyl (C=O) groups excluding carboxylic acids is 2. The molecule has 2 N–H and O–H groups in total. The van der Waals surface area contributed by atoms with Gasteiger partial charge >= 0.3 is 5.97 Å². The first kappa shape index (κ1) is 22.7. The minimum atomic E-state index is -0.473. The fourth-order valence-electron chi connectivity index (χ4n) is 2.91. The van der Waals surface area contributed by atoms with Gasteiger partial charge in [-0.15, -0.1) is 0 Å². The van der Waals surface area contributed by atoms with Gasteiger partial charge in [-0.05, 0) is 19.4 Å². The van der Waals surface area contributed by atoms with E-state index in [-0.39, 0.29) is 5.97 Å². The van der Waals surface area contributed by atoms with Crippen molar-refractivity contribution in [3.63, 3.8) is 0 Å². The lowest BCUT2D eigenvalue weighted by molar-refractivity contribution is -0.155. The second-order valence-electron chi connectivity index (χ2n) is 6.85. The summed E-state index contributed by atoms with van der Waals surface area (Å²) in [6, 6.07) is 0. The van der Waals surface area contributed by atoms with Crippen LogP contribution in [0, 0.1) is 0 Å². The molecule has 1 heterocycles. The van der Waals surface area contributed by atoms with Gasteiger partial charge in [0, 0.05) is 17.1 Å². The summed E-state index contributed by atoms with van der Waals surface area (Å²) in [6.45, 7) is 4.36. The molecule has 0 aromatic rings. The maximum atomic E-state index is 12.0. The Morgan fingerprint density at radius 2 is 1.73 bits per heavy atom. The number of esters is 1. The highest BCUT2D eigenvalue weighted by atomic mass is 79.9. The molecule has 1 amide bonds. The molecule has 6 heteroatoms. The molecule has 26 heavy (non-hydrogen) atoms. The lowest BCUT2D eigenvalue weighted by Crippen LogP contribution is -2.37. The quantitative estimate of drug-likeness (QED) is 0.339. The van der Waals surface area contributed by atoms with Crippen molar-refractivity contribution in [3.05, 3.63) is 22.3 Å². The molecule has 1 unspecified atom stereocenters. The average molecular weight is 429 g/mol. The van der Waals surface area contributed by atoms with Crippen LogP contribution in [0.15, 0.2) is 22.3 Å². The zero-order valence-electron chi connectivity index (χ0n) is 16.1. The summed E-state index contributed by atoms with van der Waals surface area (Å²) in [5.41, 5.74) is 5.85. The molecule has 0 aliphatic carbocycles. The van der Waals surface area contributed by atoms with Gasteiger partial charge in [0.05, 0.1) is 12.1 Å². The molecule has 0 saturated heterocycles. The van der Waals surface area contributed by atoms with Crippen LogP contribution in [0.25, 0.3) is 0 Å². The van der Waals surface area contributed by atoms with Crippen LogP contribution in [0.4, 0.5) is 0 Å². The highest BCUT2D eigenvalue weighted by molar-refractivity contribution is 9.12. The van der Waals surface area contributed by atoms with Crippen molar-refractivity contribution < 1.29 is 14.3 Å². The summed E-state index contributed by atoms with van der Waals surface area (Å²) in [5, 5.41) is 0. The Balaban J connectivity index is 2.16. The third-order valence-corrected chi connectivity index (χ3v) is 5.34. The number of hydrogen-bond donors (Lipinski definition) is 1. The molecular weight excluding hydrogens is 396 g/mol. The second-order valence-corrected chi connectivity index (χ2v) is 7.70. The van der Waals surface area contributed by atoms with Crippen LogP contribution in [0.1, 0.15) is 78.1 Å². The number of carbonyl (C=O) groups is 2. The van der Waals surface area contributed by atoms with E-state index in [9.17, 15) is 9.59 Å². The number of primary amides is 1. The first-order valence-electron chi connectivity index (χ1n) is 9.77. The number of nitrogens with two attached hydrogens (primary N) is 1. The van der Waals surface area contributed by atoms with Crippen LogP contribution < -0.4 is 5.73 Å². The number of nitrogens with zero attached hydrogens (tertiary/aromatic N) is 1. The third kappa shape index (κ3) is 8.88. The number of halogens is 1. The van der Waals surface area contributed by atoms with E-state index in [0.717, 1.165) is 12.8 Å². The Bertz CT molecular complexity index is 517. The highest BCUT2D eigenvalue weighted by Crippen LogP contribution is 2.22. The molecule has 1 aliphatic heterocycles. The van der Waals surface area contributed by atoms with E-state index in [4.69, 9.17) is 10.5 Å². The van der Waals surface area contributed by atoms with Crippen LogP contribution in [-0.4, -0.2) is 29.5 Å². The summed E-state index contributed by atoms with van der Waals surface area (Å²) in [6.07, 6.45) is 14.5. The van der Waals surface area contributed by atoms with E-state index in [0.29, 0.717) is 23.0 Å². The molecule has 0 bridgehead atoms. The van der Waals surface area contributed by atoms with Gasteiger partial charge < -0.3 is 15.4 Å². The molecule has 1 rings (SSSR count). The van der Waals surface area contributed by atoms with Crippen molar-refractivity contribution in [2.75, 3.05) is 6.54 Å². The molecule has 0 spiro atoms. The van der Waals surface area contributed by atoms with Crippen molar-refractivity contribution >= 4 is 27.8 Å². The molecular formula is C20H33BrN2O3. The van der Waals surface area contributed by atoms with E-state index < -0.39 is 12.1 Å². The average Bonchev–Trinajstić information content (AvgIpc) is 2.60. The van der Waals surface area contributed by atoms with Gasteiger partial charge in [0.25, 0.3) is 0 Å². The molecule has 0 aromatic heterocycles. The maximum Gasteiger partial charge on any atom is 0.307 e. The Hall–Kier alpha value is -1.30. The SMILES string of the molecule is CCCCCCCCCCCC(=O)OC(C)N1C=CC(Br)=C(C(N)=O)C1. The summed E-state index contributed by atoms with van der Waals surface area (Å²) >= 11 is 3.31. The van der Waals surface area contributed by atoms with E-state index in [1.54, 1.807) is 24.1 Å². The van der Waals surface area contributed by atoms with Gasteiger partial charge in [-0.3, -0.25) is 9.59 Å². The first-order valence-corrected chi connectivity index (χ1v) is 10.6. The van der Waals surface area contributed by atoms with Gasteiger partial charge in [0.2, 0.25) is 5.91 Å². The van der Waals surface area contributed by atoms with Gasteiger partial charge in [-0.1, -0.05) is 74.2 Å². The number of ether oxygens (including phenoxy) is 1. The topological polar surface area (TPSA) is 72.6 Å². The lowest BCUT2D eigenvalue weighted by atomic mass is 10.1. The zero-order valence-corrected chi connectivity index (χ0v) is 17.7. The number of allylic oxidation sites excluding steroid dienone is 2. The minimum Gasteiger partial charge on any atom is -0.442 e. The standard InChI is InChI=1S/C20H33BrN2O3/c1-3-4-5-6-7-8-9-10-11-12-19(24)26-16(2)23-14-13-18(21)17(15-23)20(22)25/h13-14,16H,3-12,15H2,1-2H3,(H2,22,25). The van der Waals surface area contributed by atoms with Crippen LogP contribution in [0.3, 0.4) is 0 Å². The van der Waals surface area contributed by atoms with Crippen LogP contribution in [-0.2, 0) is 14.3 Å². The minimum absolute atomic E-state index is 0.192. The Kier molecular flexibility index (Phi) is 11.3. The van der Waals surface area contributed by atoms with Crippen molar-refractivity contribution in [1.29, 1.82) is 0 Å². The smallest absolute Gasteiger partial charge is 0.307 e. The molecule has 0 radical (unpaired) electrons. The van der Waals surface area contributed by atoms with Gasteiger partial charge in [0.15, 0.2) is 6.23 Å². The largest absolute Gasteiger partial charge is 0.442 e. The Labute approximate surface area is 166 Å². The van der Waals surface area contributed by atoms with Crippen molar-refractivity contribution in [2.24, 2.45) is 5.73 Å². The third-order valence-electron chi connectivity index (χ3n) is 4.59. The van der Waals surface area contributed by atoms with Crippen molar-refractivity contribution in [3.8, 4) is 0 Å². The summed E-state index contributed by atoms with van der Waals surface area (Å²) in [4.78, 5) is 25.2. The summed E-state index contributed by atoms with van der Waals surface area (Å²) < 4.78 is 6.15. The lowest BCUT2D eigenvalue weighted by Gasteiger charge is -2.30. The molecule has 0 fully saturated rings. The number of hydrogen-bond acceptors (Lipinski definition) is 4. The number of amides is 1. The van der Waals surface area contributed by atoms with Crippen LogP contribution in [0.2, 0.25) is 0 Å². The zero-order chi connectivity index (χ0) is 19.4. The van der Waals surface area contributed by atoms with E-state index in [1.807, 2.05) is 0 Å². The predicted octanol–water partition coefficient (Wildman–Crippen LogP) is 4.76. The molecule has 0 saturated carbocycles. The summed E-state index contributed by atoms with van der Waals surface area (Å²) in [7, 11) is 0. The summed E-state index contributed by atoms with van der Waals surface area (Å²) in [5.74, 6) is -0.664. The van der Waals surface area contributed by atoms with Crippen molar-refractivity contribution in [1.82, 2.24) is 4.90 Å². The first-order chi connectivity index (χ1) is 12.5. The predicted molar refractivity (Wildman–Crippen MR) is 108 cm³/mol. The van der Waals surface area contributed by atoms with Gasteiger partial charge in [-0.25, -0.2) is 0 Å². The second kappa shape index (κ2) is 13.0. The van der Waals surface area contributed by atoms with Crippen LogP contribution in [0.5, 0.6) is 0 Å². The monoisotopic (exact) mass is 428 g/mol. The van der Waals surface area contributed by atoms with E-state index >= 15 is 0 Å². The molecule has 0 aromatic carbocycles. The molecule has 1 atom stereocenters. The van der Waals surface area contributed by atoms with Gasteiger partial charge in [0.1, 0.15) is 0 Å². The molecule has 148 valence electrons. The van der Waals surface area contributed by atoms with E-state index in [1.165, 1.54) is 44.9 Å². The highest BCUT2D eigenvalue weighted by Gasteiger charge is 2.22. The van der Waals surface area contributed by atoms with Crippen LogP contribution >= 0.6 is 15.9 Å². The fourth-order valence-corrected chi connectivity index (χ4v) is 3.35. The fraction of sp³-hybridized carbons (Fsp3) is 0.700.